The molecule has 176 valence electrons. The van der Waals surface area contributed by atoms with Crippen LogP contribution in [-0.4, -0.2) is 32.1 Å². The molecule has 1 aliphatic carbocycles. The molecular formula is C29H32ClN3O. The topological polar surface area (TPSA) is 58.4 Å². The van der Waals surface area contributed by atoms with Gasteiger partial charge < -0.3 is 16.0 Å². The fourth-order valence-electron chi connectivity index (χ4n) is 5.68. The molecule has 1 saturated heterocycles. The minimum atomic E-state index is -0.334. The van der Waals surface area contributed by atoms with Crippen molar-refractivity contribution in [2.45, 2.75) is 39.5 Å². The Bertz CT molecular complexity index is 1260. The molecule has 0 bridgehead atoms. The average molecular weight is 474 g/mol. The number of unbranched alkanes of at least 4 members (excludes halogenated alkanes) is 1. The molecular weight excluding hydrogens is 442 g/mol. The lowest BCUT2D eigenvalue weighted by Gasteiger charge is -2.35. The number of carbonyl (C=O) groups excluding carboxylic acids is 1. The summed E-state index contributed by atoms with van der Waals surface area (Å²) in [7, 11) is 0. The highest BCUT2D eigenvalue weighted by Gasteiger charge is 2.34. The Morgan fingerprint density at radius 1 is 1.06 bits per heavy atom. The quantitative estimate of drug-likeness (QED) is 0.375. The number of piperazine rings is 1. The number of amides is 1. The summed E-state index contributed by atoms with van der Waals surface area (Å²) in [5.74, 6) is -0.334. The largest absolute Gasteiger partial charge is 0.368 e. The van der Waals surface area contributed by atoms with Crippen LogP contribution in [0.1, 0.15) is 52.4 Å². The number of anilines is 1. The summed E-state index contributed by atoms with van der Waals surface area (Å²) in [6, 6.07) is 14.7. The smallest absolute Gasteiger partial charge is 0.251 e. The highest BCUT2D eigenvalue weighted by molar-refractivity contribution is 6.32. The van der Waals surface area contributed by atoms with Crippen molar-refractivity contribution in [1.82, 2.24) is 5.32 Å². The lowest BCUT2D eigenvalue weighted by Crippen LogP contribution is -2.44. The van der Waals surface area contributed by atoms with Gasteiger partial charge in [0.05, 0.1) is 11.3 Å². The van der Waals surface area contributed by atoms with E-state index in [9.17, 15) is 4.79 Å². The first-order valence-corrected chi connectivity index (χ1v) is 12.7. The second kappa shape index (κ2) is 9.44. The third-order valence-corrected chi connectivity index (χ3v) is 7.75. The maximum Gasteiger partial charge on any atom is 0.251 e. The predicted molar refractivity (Wildman–Crippen MR) is 142 cm³/mol. The van der Waals surface area contributed by atoms with Crippen LogP contribution in [0.4, 0.5) is 5.69 Å². The lowest BCUT2D eigenvalue weighted by atomic mass is 9.82. The molecule has 3 aromatic rings. The Balaban J connectivity index is 1.94. The van der Waals surface area contributed by atoms with Gasteiger partial charge in [-0.2, -0.15) is 0 Å². The lowest BCUT2D eigenvalue weighted by molar-refractivity contribution is 0.0999. The molecule has 3 aromatic carbocycles. The fraction of sp³-hybridized carbons (Fsp3) is 0.345. The van der Waals surface area contributed by atoms with E-state index < -0.39 is 0 Å². The third-order valence-electron chi connectivity index (χ3n) is 7.34. The van der Waals surface area contributed by atoms with Gasteiger partial charge in [0.1, 0.15) is 0 Å². The molecule has 0 radical (unpaired) electrons. The molecule has 0 unspecified atom stereocenters. The Morgan fingerprint density at radius 2 is 1.79 bits per heavy atom. The van der Waals surface area contributed by atoms with Gasteiger partial charge >= 0.3 is 0 Å². The van der Waals surface area contributed by atoms with E-state index in [0.717, 1.165) is 84.8 Å². The van der Waals surface area contributed by atoms with Crippen molar-refractivity contribution in [3.05, 3.63) is 75.3 Å². The first kappa shape index (κ1) is 22.9. The van der Waals surface area contributed by atoms with Gasteiger partial charge in [-0.3, -0.25) is 4.79 Å². The van der Waals surface area contributed by atoms with E-state index in [2.05, 4.69) is 54.4 Å². The van der Waals surface area contributed by atoms with Gasteiger partial charge in [0.2, 0.25) is 0 Å². The summed E-state index contributed by atoms with van der Waals surface area (Å²) < 4.78 is 0. The van der Waals surface area contributed by atoms with Crippen LogP contribution in [0.2, 0.25) is 5.02 Å². The van der Waals surface area contributed by atoms with Crippen LogP contribution in [0.5, 0.6) is 0 Å². The number of halogens is 1. The Kier molecular flexibility index (Phi) is 6.37. The Hall–Kier alpha value is -2.82. The SMILES string of the molecule is CCCCc1c2c(c(-c3cccc(Cl)c3C)c(N3CCNCC3)c1C(N)=O)-c1ccccc1C2. The molecule has 0 spiro atoms. The van der Waals surface area contributed by atoms with Crippen molar-refractivity contribution in [2.75, 3.05) is 31.1 Å². The van der Waals surface area contributed by atoms with E-state index in [0.29, 0.717) is 5.56 Å². The summed E-state index contributed by atoms with van der Waals surface area (Å²) in [6.07, 6.45) is 3.79. The fourth-order valence-corrected chi connectivity index (χ4v) is 5.85. The zero-order chi connectivity index (χ0) is 23.8. The van der Waals surface area contributed by atoms with Gasteiger partial charge in [-0.15, -0.1) is 0 Å². The number of nitrogens with two attached hydrogens (primary N) is 1. The standard InChI is InChI=1S/C29H32ClN3O/c1-3-4-9-22-23-17-19-8-5-6-10-21(19)25(23)26(20-11-7-12-24(30)18(20)2)28(27(22)29(31)34)33-15-13-32-14-16-33/h5-8,10-12,32H,3-4,9,13-17H2,1-2H3,(H2,31,34). The van der Waals surface area contributed by atoms with E-state index in [4.69, 9.17) is 17.3 Å². The van der Waals surface area contributed by atoms with Gasteiger partial charge in [-0.25, -0.2) is 0 Å². The summed E-state index contributed by atoms with van der Waals surface area (Å²) in [5.41, 5.74) is 17.3. The van der Waals surface area contributed by atoms with Crippen LogP contribution in [-0.2, 0) is 12.8 Å². The Morgan fingerprint density at radius 3 is 2.53 bits per heavy atom. The second-order valence-electron chi connectivity index (χ2n) is 9.38. The number of primary amides is 1. The number of hydrogen-bond acceptors (Lipinski definition) is 3. The minimum Gasteiger partial charge on any atom is -0.368 e. The first-order valence-electron chi connectivity index (χ1n) is 12.3. The number of benzene rings is 3. The van der Waals surface area contributed by atoms with Gasteiger partial charge in [0, 0.05) is 36.8 Å². The van der Waals surface area contributed by atoms with E-state index in [1.807, 2.05) is 12.1 Å². The number of nitrogens with one attached hydrogen (secondary N) is 1. The molecule has 2 aliphatic rings. The number of fused-ring (bicyclic) bond motifs is 3. The van der Waals surface area contributed by atoms with Crippen LogP contribution in [0.3, 0.4) is 0 Å². The van der Waals surface area contributed by atoms with E-state index in [1.54, 1.807) is 0 Å². The minimum absolute atomic E-state index is 0.334. The zero-order valence-corrected chi connectivity index (χ0v) is 20.8. The predicted octanol–water partition coefficient (Wildman–Crippen LogP) is 5.74. The molecule has 0 aromatic heterocycles. The van der Waals surface area contributed by atoms with Crippen LogP contribution in [0.25, 0.3) is 22.3 Å². The van der Waals surface area contributed by atoms with E-state index in [1.165, 1.54) is 22.3 Å². The molecule has 0 saturated carbocycles. The maximum atomic E-state index is 13.2. The molecule has 5 heteroatoms. The number of hydrogen-bond donors (Lipinski definition) is 2. The van der Waals surface area contributed by atoms with Crippen LogP contribution in [0, 0.1) is 6.92 Å². The number of carbonyl (C=O) groups is 1. The highest BCUT2D eigenvalue weighted by Crippen LogP contribution is 2.52. The van der Waals surface area contributed by atoms with Crippen molar-refractivity contribution in [2.24, 2.45) is 5.73 Å². The van der Waals surface area contributed by atoms with Gasteiger partial charge in [0.15, 0.2) is 0 Å². The molecule has 34 heavy (non-hydrogen) atoms. The summed E-state index contributed by atoms with van der Waals surface area (Å²) in [6.45, 7) is 7.69. The first-order chi connectivity index (χ1) is 16.5. The molecule has 1 fully saturated rings. The van der Waals surface area contributed by atoms with Crippen molar-refractivity contribution < 1.29 is 4.79 Å². The molecule has 4 nitrogen and oxygen atoms in total. The summed E-state index contributed by atoms with van der Waals surface area (Å²) in [5, 5.41) is 4.19. The monoisotopic (exact) mass is 473 g/mol. The number of rotatable bonds is 6. The molecule has 1 amide bonds. The van der Waals surface area contributed by atoms with Crippen LogP contribution < -0.4 is 16.0 Å². The molecule has 1 aliphatic heterocycles. The van der Waals surface area contributed by atoms with Crippen molar-refractivity contribution in [3.8, 4) is 22.3 Å². The van der Waals surface area contributed by atoms with Crippen molar-refractivity contribution >= 4 is 23.2 Å². The van der Waals surface area contributed by atoms with Crippen LogP contribution >= 0.6 is 11.6 Å². The van der Waals surface area contributed by atoms with E-state index >= 15 is 0 Å². The average Bonchev–Trinajstić information content (AvgIpc) is 3.23. The van der Waals surface area contributed by atoms with Crippen molar-refractivity contribution in [1.29, 1.82) is 0 Å². The number of nitrogens with zero attached hydrogens (tertiary/aromatic N) is 1. The molecule has 5 rings (SSSR count). The van der Waals surface area contributed by atoms with Gasteiger partial charge in [-0.05, 0) is 71.2 Å². The Labute approximate surface area is 207 Å². The normalized spacial score (nSPS) is 14.7. The van der Waals surface area contributed by atoms with Gasteiger partial charge in [-0.1, -0.05) is 61.3 Å². The van der Waals surface area contributed by atoms with E-state index in [-0.39, 0.29) is 5.91 Å². The zero-order valence-electron chi connectivity index (χ0n) is 20.0. The maximum absolute atomic E-state index is 13.2. The van der Waals surface area contributed by atoms with Crippen LogP contribution in [0.15, 0.2) is 42.5 Å². The second-order valence-corrected chi connectivity index (χ2v) is 9.79. The van der Waals surface area contributed by atoms with Crippen molar-refractivity contribution in [3.63, 3.8) is 0 Å². The molecule has 3 N–H and O–H groups in total. The van der Waals surface area contributed by atoms with Gasteiger partial charge in [0.25, 0.3) is 5.91 Å². The summed E-state index contributed by atoms with van der Waals surface area (Å²) in [4.78, 5) is 15.6. The molecule has 0 atom stereocenters. The highest BCUT2D eigenvalue weighted by atomic mass is 35.5. The third kappa shape index (κ3) is 3.79. The summed E-state index contributed by atoms with van der Waals surface area (Å²) >= 11 is 6.64. The molecule has 1 heterocycles.